The van der Waals surface area contributed by atoms with Crippen molar-refractivity contribution >= 4 is 17.0 Å². The summed E-state index contributed by atoms with van der Waals surface area (Å²) in [6.45, 7) is 1.93. The van der Waals surface area contributed by atoms with Crippen LogP contribution in [-0.2, 0) is 11.2 Å². The third-order valence-electron chi connectivity index (χ3n) is 4.25. The molecule has 126 valence electrons. The molecular weight excluding hydrogens is 298 g/mol. The second-order valence-corrected chi connectivity index (χ2v) is 5.90. The summed E-state index contributed by atoms with van der Waals surface area (Å²) in [6.07, 6.45) is 4.12. The molecular formula is C15H23N5O3. The van der Waals surface area contributed by atoms with E-state index in [1.165, 1.54) is 6.33 Å². The molecule has 0 saturated carbocycles. The van der Waals surface area contributed by atoms with E-state index >= 15 is 0 Å². The zero-order valence-corrected chi connectivity index (χ0v) is 13.2. The van der Waals surface area contributed by atoms with Gasteiger partial charge in [-0.1, -0.05) is 19.8 Å². The van der Waals surface area contributed by atoms with E-state index < -0.39 is 18.4 Å². The summed E-state index contributed by atoms with van der Waals surface area (Å²) in [7, 11) is 0. The summed E-state index contributed by atoms with van der Waals surface area (Å²) in [5, 5.41) is 19.3. The summed E-state index contributed by atoms with van der Waals surface area (Å²) in [5.74, 6) is 1.17. The van der Waals surface area contributed by atoms with Gasteiger partial charge in [-0.2, -0.15) is 0 Å². The number of fused-ring (bicyclic) bond motifs is 1. The zero-order valence-electron chi connectivity index (χ0n) is 13.2. The first-order valence-corrected chi connectivity index (χ1v) is 8.07. The molecule has 8 nitrogen and oxygen atoms in total. The average Bonchev–Trinajstić information content (AvgIpc) is 3.08. The van der Waals surface area contributed by atoms with E-state index in [4.69, 9.17) is 10.5 Å². The van der Waals surface area contributed by atoms with Crippen LogP contribution in [0.4, 0.5) is 5.82 Å². The lowest BCUT2D eigenvalue weighted by Crippen LogP contribution is -2.24. The van der Waals surface area contributed by atoms with Crippen molar-refractivity contribution in [2.24, 2.45) is 0 Å². The van der Waals surface area contributed by atoms with Crippen molar-refractivity contribution in [1.82, 2.24) is 19.5 Å². The largest absolute Gasteiger partial charge is 0.394 e. The summed E-state index contributed by atoms with van der Waals surface area (Å²) in [6, 6.07) is 0. The molecule has 3 heterocycles. The number of hydrogen-bond acceptors (Lipinski definition) is 7. The van der Waals surface area contributed by atoms with Crippen LogP contribution in [0.25, 0.3) is 11.2 Å². The Bertz CT molecular complexity index is 674. The van der Waals surface area contributed by atoms with E-state index in [1.807, 2.05) is 4.57 Å². The third kappa shape index (κ3) is 3.01. The third-order valence-corrected chi connectivity index (χ3v) is 4.25. The fourth-order valence-corrected chi connectivity index (χ4v) is 3.02. The first-order chi connectivity index (χ1) is 11.2. The minimum Gasteiger partial charge on any atom is -0.394 e. The quantitative estimate of drug-likeness (QED) is 0.673. The molecule has 1 fully saturated rings. The van der Waals surface area contributed by atoms with Crippen LogP contribution < -0.4 is 5.73 Å². The second-order valence-electron chi connectivity index (χ2n) is 5.90. The Morgan fingerprint density at radius 2 is 2.22 bits per heavy atom. The number of aliphatic hydroxyl groups excluding tert-OH is 2. The number of aryl methyl sites for hydroxylation is 1. The van der Waals surface area contributed by atoms with Crippen molar-refractivity contribution in [3.05, 3.63) is 12.2 Å². The van der Waals surface area contributed by atoms with Crippen LogP contribution >= 0.6 is 0 Å². The molecule has 1 aliphatic rings. The second kappa shape index (κ2) is 6.77. The summed E-state index contributed by atoms with van der Waals surface area (Å²) in [4.78, 5) is 12.9. The molecule has 2 aromatic heterocycles. The number of nitrogens with two attached hydrogens (primary N) is 1. The minimum absolute atomic E-state index is 0.216. The molecule has 3 unspecified atom stereocenters. The van der Waals surface area contributed by atoms with Gasteiger partial charge in [0.2, 0.25) is 0 Å². The van der Waals surface area contributed by atoms with Crippen molar-refractivity contribution in [2.75, 3.05) is 12.3 Å². The highest BCUT2D eigenvalue weighted by molar-refractivity contribution is 5.81. The van der Waals surface area contributed by atoms with E-state index in [0.717, 1.165) is 31.5 Å². The number of rotatable bonds is 6. The summed E-state index contributed by atoms with van der Waals surface area (Å²) < 4.78 is 7.67. The SMILES string of the molecule is CCCCCc1nc2c(N)ncnc2n1C1CC(O)C(CO)O1. The van der Waals surface area contributed by atoms with Crippen LogP contribution in [0, 0.1) is 0 Å². The van der Waals surface area contributed by atoms with Gasteiger partial charge in [0.25, 0.3) is 0 Å². The molecule has 0 spiro atoms. The number of aliphatic hydroxyl groups is 2. The molecule has 0 aromatic carbocycles. The Labute approximate surface area is 134 Å². The summed E-state index contributed by atoms with van der Waals surface area (Å²) >= 11 is 0. The highest BCUT2D eigenvalue weighted by Crippen LogP contribution is 2.33. The van der Waals surface area contributed by atoms with Crippen LogP contribution in [0.3, 0.4) is 0 Å². The van der Waals surface area contributed by atoms with Gasteiger partial charge in [-0.3, -0.25) is 4.57 Å². The van der Waals surface area contributed by atoms with Gasteiger partial charge in [-0.05, 0) is 6.42 Å². The summed E-state index contributed by atoms with van der Waals surface area (Å²) in [5.41, 5.74) is 7.09. The molecule has 8 heteroatoms. The van der Waals surface area contributed by atoms with Gasteiger partial charge in [0.15, 0.2) is 17.0 Å². The molecule has 0 bridgehead atoms. The highest BCUT2D eigenvalue weighted by atomic mass is 16.5. The Kier molecular flexibility index (Phi) is 4.74. The molecule has 3 atom stereocenters. The molecule has 0 amide bonds. The van der Waals surface area contributed by atoms with Crippen molar-refractivity contribution in [3.63, 3.8) is 0 Å². The predicted octanol–water partition coefficient (Wildman–Crippen LogP) is 0.782. The first-order valence-electron chi connectivity index (χ1n) is 8.07. The van der Waals surface area contributed by atoms with Crippen LogP contribution in [0.1, 0.15) is 44.7 Å². The number of nitrogen functional groups attached to an aromatic ring is 1. The monoisotopic (exact) mass is 321 g/mol. The smallest absolute Gasteiger partial charge is 0.167 e. The number of unbranched alkanes of at least 4 members (excludes halogenated alkanes) is 2. The van der Waals surface area contributed by atoms with Crippen LogP contribution in [0.15, 0.2) is 6.33 Å². The zero-order chi connectivity index (χ0) is 16.4. The topological polar surface area (TPSA) is 119 Å². The fourth-order valence-electron chi connectivity index (χ4n) is 3.02. The van der Waals surface area contributed by atoms with Crippen molar-refractivity contribution in [3.8, 4) is 0 Å². The van der Waals surface area contributed by atoms with E-state index in [0.29, 0.717) is 23.4 Å². The Morgan fingerprint density at radius 3 is 2.91 bits per heavy atom. The highest BCUT2D eigenvalue weighted by Gasteiger charge is 2.36. The minimum atomic E-state index is -0.704. The number of hydrogen-bond donors (Lipinski definition) is 3. The molecule has 0 aliphatic carbocycles. The maximum atomic E-state index is 10.0. The van der Waals surface area contributed by atoms with Gasteiger partial charge >= 0.3 is 0 Å². The number of anilines is 1. The van der Waals surface area contributed by atoms with Gasteiger partial charge in [-0.15, -0.1) is 0 Å². The van der Waals surface area contributed by atoms with Gasteiger partial charge < -0.3 is 20.7 Å². The average molecular weight is 321 g/mol. The normalized spacial score (nSPS) is 24.6. The lowest BCUT2D eigenvalue weighted by atomic mass is 10.2. The van der Waals surface area contributed by atoms with Crippen LogP contribution in [-0.4, -0.2) is 48.5 Å². The van der Waals surface area contributed by atoms with E-state index in [-0.39, 0.29) is 6.61 Å². The molecule has 0 radical (unpaired) electrons. The molecule has 1 saturated heterocycles. The fraction of sp³-hybridized carbons (Fsp3) is 0.667. The van der Waals surface area contributed by atoms with Crippen LogP contribution in [0.5, 0.6) is 0 Å². The molecule has 2 aromatic rings. The maximum absolute atomic E-state index is 10.0. The van der Waals surface area contributed by atoms with E-state index in [2.05, 4.69) is 21.9 Å². The van der Waals surface area contributed by atoms with Gasteiger partial charge in [-0.25, -0.2) is 15.0 Å². The first kappa shape index (κ1) is 16.1. The van der Waals surface area contributed by atoms with Gasteiger partial charge in [0, 0.05) is 12.8 Å². The maximum Gasteiger partial charge on any atom is 0.167 e. The van der Waals surface area contributed by atoms with E-state index in [1.54, 1.807) is 0 Å². The molecule has 3 rings (SSSR count). The number of imidazole rings is 1. The molecule has 23 heavy (non-hydrogen) atoms. The number of ether oxygens (including phenoxy) is 1. The molecule has 1 aliphatic heterocycles. The predicted molar refractivity (Wildman–Crippen MR) is 84.6 cm³/mol. The van der Waals surface area contributed by atoms with Gasteiger partial charge in [0.1, 0.15) is 24.5 Å². The molecule has 4 N–H and O–H groups in total. The van der Waals surface area contributed by atoms with Gasteiger partial charge in [0.05, 0.1) is 12.7 Å². The standard InChI is InChI=1S/C15H23N5O3/c1-2-3-4-5-11-19-13-14(16)17-8-18-15(13)20(11)12-6-9(22)10(7-21)23-12/h8-10,12,21-22H,2-7H2,1H3,(H2,16,17,18). The lowest BCUT2D eigenvalue weighted by Gasteiger charge is -2.16. The van der Waals surface area contributed by atoms with Crippen molar-refractivity contribution in [1.29, 1.82) is 0 Å². The van der Waals surface area contributed by atoms with Crippen LogP contribution in [0.2, 0.25) is 0 Å². The van der Waals surface area contributed by atoms with Crippen molar-refractivity contribution < 1.29 is 14.9 Å². The number of nitrogens with zero attached hydrogens (tertiary/aromatic N) is 4. The Hall–Kier alpha value is -1.77. The Morgan fingerprint density at radius 1 is 1.39 bits per heavy atom. The van der Waals surface area contributed by atoms with E-state index in [9.17, 15) is 10.2 Å². The lowest BCUT2D eigenvalue weighted by molar-refractivity contribution is -0.0440. The Balaban J connectivity index is 1.99. The number of aromatic nitrogens is 4. The van der Waals surface area contributed by atoms with Crippen molar-refractivity contribution in [2.45, 2.75) is 57.5 Å².